The third kappa shape index (κ3) is 1.06. The maximum atomic E-state index is 12.7. The van der Waals surface area contributed by atoms with E-state index in [2.05, 4.69) is 0 Å². The van der Waals surface area contributed by atoms with Crippen LogP contribution in [0, 0.1) is 5.82 Å². The average Bonchev–Trinajstić information content (AvgIpc) is 2.28. The summed E-state index contributed by atoms with van der Waals surface area (Å²) in [5.74, 6) is -0.280. The van der Waals surface area contributed by atoms with Crippen molar-refractivity contribution >= 4 is 33.0 Å². The fraction of sp³-hybridized carbons (Fsp3) is 0. The fourth-order valence-corrected chi connectivity index (χ4v) is 2.22. The molecule has 4 heteroatoms. The second-order valence-corrected chi connectivity index (χ2v) is 4.02. The molecule has 2 aromatic rings. The molecule has 62 valence electrons. The van der Waals surface area contributed by atoms with Crippen LogP contribution in [0.15, 0.2) is 18.2 Å². The minimum Gasteiger partial charge on any atom is -0.505 e. The van der Waals surface area contributed by atoms with Crippen molar-refractivity contribution in [3.8, 4) is 5.75 Å². The van der Waals surface area contributed by atoms with E-state index in [9.17, 15) is 9.50 Å². The largest absolute Gasteiger partial charge is 0.505 e. The Morgan fingerprint density at radius 3 is 2.92 bits per heavy atom. The summed E-state index contributed by atoms with van der Waals surface area (Å²) in [5.41, 5.74) is 0. The molecule has 1 aromatic carbocycles. The van der Waals surface area contributed by atoms with Gasteiger partial charge in [-0.3, -0.25) is 0 Å². The van der Waals surface area contributed by atoms with E-state index in [0.717, 1.165) is 0 Å². The van der Waals surface area contributed by atoms with Gasteiger partial charge in [0, 0.05) is 10.1 Å². The molecule has 0 aliphatic rings. The SMILES string of the molecule is Oc1c(Cl)sc2cc(F)ccc12. The predicted molar refractivity (Wildman–Crippen MR) is 48.5 cm³/mol. The van der Waals surface area contributed by atoms with Crippen LogP contribution in [0.1, 0.15) is 0 Å². The highest BCUT2D eigenvalue weighted by atomic mass is 35.5. The van der Waals surface area contributed by atoms with Crippen LogP contribution in [0.25, 0.3) is 10.1 Å². The van der Waals surface area contributed by atoms with Crippen LogP contribution < -0.4 is 0 Å². The van der Waals surface area contributed by atoms with E-state index in [4.69, 9.17) is 11.6 Å². The molecule has 0 atom stereocenters. The molecule has 0 saturated carbocycles. The molecule has 0 spiro atoms. The summed E-state index contributed by atoms with van der Waals surface area (Å²) in [4.78, 5) is 0. The van der Waals surface area contributed by atoms with Crippen molar-refractivity contribution in [3.05, 3.63) is 28.4 Å². The molecule has 1 N–H and O–H groups in total. The fourth-order valence-electron chi connectivity index (χ4n) is 1.03. The second-order valence-electron chi connectivity index (χ2n) is 2.36. The first-order valence-corrected chi connectivity index (χ1v) is 4.44. The number of rotatable bonds is 0. The predicted octanol–water partition coefficient (Wildman–Crippen LogP) is 3.40. The maximum Gasteiger partial charge on any atom is 0.152 e. The maximum absolute atomic E-state index is 12.7. The molecule has 0 aliphatic carbocycles. The molecule has 0 aliphatic heterocycles. The number of aromatic hydroxyl groups is 1. The van der Waals surface area contributed by atoms with Gasteiger partial charge in [-0.25, -0.2) is 4.39 Å². The summed E-state index contributed by atoms with van der Waals surface area (Å²) in [7, 11) is 0. The van der Waals surface area contributed by atoms with E-state index in [1.54, 1.807) is 0 Å². The van der Waals surface area contributed by atoms with Crippen molar-refractivity contribution in [2.45, 2.75) is 0 Å². The summed E-state index contributed by atoms with van der Waals surface area (Å²) in [5, 5.41) is 9.95. The molecular formula is C8H4ClFOS. The molecule has 0 unspecified atom stereocenters. The Kier molecular flexibility index (Phi) is 1.70. The highest BCUT2D eigenvalue weighted by molar-refractivity contribution is 7.23. The van der Waals surface area contributed by atoms with Crippen LogP contribution >= 0.6 is 22.9 Å². The summed E-state index contributed by atoms with van der Waals surface area (Å²) in [6, 6.07) is 4.17. The van der Waals surface area contributed by atoms with E-state index in [1.165, 1.54) is 29.5 Å². The van der Waals surface area contributed by atoms with Crippen molar-refractivity contribution in [2.75, 3.05) is 0 Å². The van der Waals surface area contributed by atoms with Crippen molar-refractivity contribution < 1.29 is 9.50 Å². The molecule has 0 amide bonds. The molecule has 1 heterocycles. The standard InChI is InChI=1S/C8H4ClFOS/c9-8-7(11)5-2-1-4(10)3-6(5)12-8/h1-3,11H. The Balaban J connectivity index is 2.87. The second kappa shape index (κ2) is 2.61. The monoisotopic (exact) mass is 202 g/mol. The van der Waals surface area contributed by atoms with E-state index in [-0.39, 0.29) is 11.6 Å². The molecule has 1 nitrogen and oxygen atoms in total. The minimum atomic E-state index is -0.319. The smallest absolute Gasteiger partial charge is 0.152 e. The molecule has 1 aromatic heterocycles. The number of hydrogen-bond donors (Lipinski definition) is 1. The lowest BCUT2D eigenvalue weighted by atomic mass is 10.2. The normalized spacial score (nSPS) is 10.8. The third-order valence-electron chi connectivity index (χ3n) is 1.58. The summed E-state index contributed by atoms with van der Waals surface area (Å²) in [6.45, 7) is 0. The lowest BCUT2D eigenvalue weighted by molar-refractivity contribution is 0.484. The van der Waals surface area contributed by atoms with Gasteiger partial charge in [-0.05, 0) is 18.2 Å². The van der Waals surface area contributed by atoms with Crippen LogP contribution in [0.2, 0.25) is 4.34 Å². The highest BCUT2D eigenvalue weighted by Crippen LogP contribution is 2.40. The van der Waals surface area contributed by atoms with Gasteiger partial charge in [0.1, 0.15) is 10.2 Å². The van der Waals surface area contributed by atoms with Gasteiger partial charge in [0.2, 0.25) is 0 Å². The van der Waals surface area contributed by atoms with Crippen molar-refractivity contribution in [1.29, 1.82) is 0 Å². The van der Waals surface area contributed by atoms with E-state index >= 15 is 0 Å². The number of thiophene rings is 1. The summed E-state index contributed by atoms with van der Waals surface area (Å²) >= 11 is 6.82. The van der Waals surface area contributed by atoms with Crippen LogP contribution in [-0.4, -0.2) is 5.11 Å². The Morgan fingerprint density at radius 1 is 1.42 bits per heavy atom. The number of hydrogen-bond acceptors (Lipinski definition) is 2. The third-order valence-corrected chi connectivity index (χ3v) is 2.93. The quantitative estimate of drug-likeness (QED) is 0.694. The number of halogens is 2. The zero-order valence-corrected chi connectivity index (χ0v) is 7.42. The molecule has 12 heavy (non-hydrogen) atoms. The zero-order valence-electron chi connectivity index (χ0n) is 5.84. The zero-order chi connectivity index (χ0) is 8.72. The van der Waals surface area contributed by atoms with Gasteiger partial charge in [0.15, 0.2) is 5.75 Å². The lowest BCUT2D eigenvalue weighted by Gasteiger charge is -1.89. The van der Waals surface area contributed by atoms with Gasteiger partial charge in [0.25, 0.3) is 0 Å². The van der Waals surface area contributed by atoms with Crippen molar-refractivity contribution in [3.63, 3.8) is 0 Å². The van der Waals surface area contributed by atoms with Gasteiger partial charge >= 0.3 is 0 Å². The van der Waals surface area contributed by atoms with Gasteiger partial charge in [-0.15, -0.1) is 11.3 Å². The Labute approximate surface area is 77.0 Å². The number of benzene rings is 1. The van der Waals surface area contributed by atoms with E-state index in [1.807, 2.05) is 0 Å². The van der Waals surface area contributed by atoms with Gasteiger partial charge in [-0.1, -0.05) is 11.6 Å². The van der Waals surface area contributed by atoms with Gasteiger partial charge in [0.05, 0.1) is 0 Å². The van der Waals surface area contributed by atoms with E-state index < -0.39 is 0 Å². The van der Waals surface area contributed by atoms with Crippen molar-refractivity contribution in [2.24, 2.45) is 0 Å². The van der Waals surface area contributed by atoms with Gasteiger partial charge in [-0.2, -0.15) is 0 Å². The molecule has 0 bridgehead atoms. The number of fused-ring (bicyclic) bond motifs is 1. The highest BCUT2D eigenvalue weighted by Gasteiger charge is 2.08. The lowest BCUT2D eigenvalue weighted by Crippen LogP contribution is -1.69. The Hall–Kier alpha value is -0.800. The summed E-state index contributed by atoms with van der Waals surface area (Å²) in [6.07, 6.45) is 0. The average molecular weight is 203 g/mol. The summed E-state index contributed by atoms with van der Waals surface area (Å²) < 4.78 is 13.6. The Morgan fingerprint density at radius 2 is 2.17 bits per heavy atom. The van der Waals surface area contributed by atoms with Crippen molar-refractivity contribution in [1.82, 2.24) is 0 Å². The molecule has 0 fully saturated rings. The van der Waals surface area contributed by atoms with Crippen LogP contribution in [0.3, 0.4) is 0 Å². The van der Waals surface area contributed by atoms with Gasteiger partial charge < -0.3 is 5.11 Å². The first-order valence-electron chi connectivity index (χ1n) is 3.25. The van der Waals surface area contributed by atoms with Crippen LogP contribution in [-0.2, 0) is 0 Å². The van der Waals surface area contributed by atoms with E-state index in [0.29, 0.717) is 14.4 Å². The van der Waals surface area contributed by atoms with Crippen LogP contribution in [0.4, 0.5) is 4.39 Å². The molecule has 0 saturated heterocycles. The van der Waals surface area contributed by atoms with Crippen LogP contribution in [0.5, 0.6) is 5.75 Å². The topological polar surface area (TPSA) is 20.2 Å². The molecule has 2 rings (SSSR count). The molecular weight excluding hydrogens is 199 g/mol. The molecule has 0 radical (unpaired) electrons. The minimum absolute atomic E-state index is 0.0386. The first kappa shape index (κ1) is 7.83. The Bertz CT molecular complexity index is 438. The first-order chi connectivity index (χ1) is 5.68.